The highest BCUT2D eigenvalue weighted by atomic mass is 16.7. The molecule has 0 aromatic heterocycles. The Morgan fingerprint density at radius 3 is 2.39 bits per heavy atom. The molecule has 1 saturated carbocycles. The number of rotatable bonds is 8. The van der Waals surface area contributed by atoms with Crippen LogP contribution in [0.2, 0.25) is 0 Å². The molecular weight excluding hydrogens is 226 g/mol. The lowest BCUT2D eigenvalue weighted by molar-refractivity contribution is -0.139. The molecule has 0 aliphatic heterocycles. The molecule has 1 rings (SSSR count). The maximum atomic E-state index is 5.56. The minimum atomic E-state index is -0.0381. The van der Waals surface area contributed by atoms with Crippen molar-refractivity contribution < 1.29 is 9.47 Å². The predicted octanol–water partition coefficient (Wildman–Crippen LogP) is 3.19. The van der Waals surface area contributed by atoms with Crippen LogP contribution in [0.25, 0.3) is 0 Å². The van der Waals surface area contributed by atoms with Crippen LogP contribution in [0, 0.1) is 11.8 Å². The van der Waals surface area contributed by atoms with Crippen LogP contribution in [0.3, 0.4) is 0 Å². The summed E-state index contributed by atoms with van der Waals surface area (Å²) in [4.78, 5) is 0. The SMILES string of the molecule is CCOC(CCNC1CCCC(C)C1C)OCC. The second kappa shape index (κ2) is 8.89. The average molecular weight is 257 g/mol. The fraction of sp³-hybridized carbons (Fsp3) is 1.00. The van der Waals surface area contributed by atoms with Gasteiger partial charge in [0.2, 0.25) is 0 Å². The van der Waals surface area contributed by atoms with Crippen molar-refractivity contribution in [3.63, 3.8) is 0 Å². The van der Waals surface area contributed by atoms with Gasteiger partial charge in [-0.2, -0.15) is 0 Å². The molecule has 0 heterocycles. The van der Waals surface area contributed by atoms with Crippen molar-refractivity contribution in [1.29, 1.82) is 0 Å². The van der Waals surface area contributed by atoms with Gasteiger partial charge in [-0.15, -0.1) is 0 Å². The van der Waals surface area contributed by atoms with E-state index < -0.39 is 0 Å². The highest BCUT2D eigenvalue weighted by Gasteiger charge is 2.26. The molecule has 0 saturated heterocycles. The summed E-state index contributed by atoms with van der Waals surface area (Å²) in [6.07, 6.45) is 4.98. The Morgan fingerprint density at radius 2 is 1.78 bits per heavy atom. The molecule has 1 N–H and O–H groups in total. The fourth-order valence-corrected chi connectivity index (χ4v) is 2.84. The number of ether oxygens (including phenoxy) is 2. The molecule has 3 heteroatoms. The third kappa shape index (κ3) is 5.25. The van der Waals surface area contributed by atoms with E-state index in [0.29, 0.717) is 6.04 Å². The summed E-state index contributed by atoms with van der Waals surface area (Å²) in [7, 11) is 0. The molecule has 1 aliphatic rings. The average Bonchev–Trinajstić information content (AvgIpc) is 2.35. The Bertz CT molecular complexity index is 205. The largest absolute Gasteiger partial charge is 0.353 e. The van der Waals surface area contributed by atoms with Crippen LogP contribution in [0.1, 0.15) is 53.4 Å². The molecule has 18 heavy (non-hydrogen) atoms. The normalized spacial score (nSPS) is 28.8. The van der Waals surface area contributed by atoms with Gasteiger partial charge in [0.25, 0.3) is 0 Å². The molecule has 0 radical (unpaired) electrons. The standard InChI is InChI=1S/C15H31NO2/c1-5-17-15(18-6-2)10-11-16-14-9-7-8-12(3)13(14)4/h12-16H,5-11H2,1-4H3. The van der Waals surface area contributed by atoms with Gasteiger partial charge in [-0.3, -0.25) is 0 Å². The van der Waals surface area contributed by atoms with Gasteiger partial charge in [0, 0.05) is 32.2 Å². The van der Waals surface area contributed by atoms with Gasteiger partial charge in [0.15, 0.2) is 6.29 Å². The van der Waals surface area contributed by atoms with Crippen LogP contribution in [0.5, 0.6) is 0 Å². The monoisotopic (exact) mass is 257 g/mol. The first kappa shape index (κ1) is 15.9. The van der Waals surface area contributed by atoms with Crippen molar-refractivity contribution in [2.75, 3.05) is 19.8 Å². The maximum Gasteiger partial charge on any atom is 0.158 e. The van der Waals surface area contributed by atoms with Gasteiger partial charge >= 0.3 is 0 Å². The first-order valence-corrected chi connectivity index (χ1v) is 7.65. The van der Waals surface area contributed by atoms with Gasteiger partial charge in [0.05, 0.1) is 0 Å². The summed E-state index contributed by atoms with van der Waals surface area (Å²) in [5.41, 5.74) is 0. The minimum absolute atomic E-state index is 0.0381. The fourth-order valence-electron chi connectivity index (χ4n) is 2.84. The van der Waals surface area contributed by atoms with E-state index in [1.54, 1.807) is 0 Å². The second-order valence-electron chi connectivity index (χ2n) is 5.46. The zero-order chi connectivity index (χ0) is 13.4. The molecule has 1 fully saturated rings. The molecule has 0 aromatic rings. The van der Waals surface area contributed by atoms with Gasteiger partial charge in [-0.05, 0) is 32.1 Å². The Morgan fingerprint density at radius 1 is 1.11 bits per heavy atom. The lowest BCUT2D eigenvalue weighted by atomic mass is 9.78. The molecule has 1 aliphatic carbocycles. The van der Waals surface area contributed by atoms with Crippen molar-refractivity contribution in [2.45, 2.75) is 65.7 Å². The van der Waals surface area contributed by atoms with Crippen molar-refractivity contribution in [3.8, 4) is 0 Å². The molecule has 3 unspecified atom stereocenters. The molecule has 3 atom stereocenters. The van der Waals surface area contributed by atoms with Crippen molar-refractivity contribution in [1.82, 2.24) is 5.32 Å². The Hall–Kier alpha value is -0.120. The second-order valence-corrected chi connectivity index (χ2v) is 5.46. The number of nitrogens with one attached hydrogen (secondary N) is 1. The Balaban J connectivity index is 2.22. The van der Waals surface area contributed by atoms with Gasteiger partial charge in [-0.25, -0.2) is 0 Å². The minimum Gasteiger partial charge on any atom is -0.353 e. The van der Waals surface area contributed by atoms with E-state index in [0.717, 1.165) is 38.0 Å². The van der Waals surface area contributed by atoms with E-state index >= 15 is 0 Å². The third-order valence-corrected chi connectivity index (χ3v) is 4.20. The van der Waals surface area contributed by atoms with Crippen LogP contribution in [-0.2, 0) is 9.47 Å². The third-order valence-electron chi connectivity index (χ3n) is 4.20. The Labute approximate surface area is 113 Å². The molecule has 108 valence electrons. The van der Waals surface area contributed by atoms with E-state index in [1.165, 1.54) is 19.3 Å². The van der Waals surface area contributed by atoms with E-state index in [2.05, 4.69) is 19.2 Å². The van der Waals surface area contributed by atoms with E-state index in [4.69, 9.17) is 9.47 Å². The first-order valence-electron chi connectivity index (χ1n) is 7.65. The molecule has 0 spiro atoms. The summed E-state index contributed by atoms with van der Waals surface area (Å²) in [5, 5.41) is 3.69. The smallest absolute Gasteiger partial charge is 0.158 e. The first-order chi connectivity index (χ1) is 8.69. The van der Waals surface area contributed by atoms with E-state index in [1.807, 2.05) is 13.8 Å². The zero-order valence-corrected chi connectivity index (χ0v) is 12.6. The molecule has 0 bridgehead atoms. The summed E-state index contributed by atoms with van der Waals surface area (Å²) in [6, 6.07) is 0.678. The molecular formula is C15H31NO2. The zero-order valence-electron chi connectivity index (χ0n) is 12.6. The maximum absolute atomic E-state index is 5.56. The Kier molecular flexibility index (Phi) is 7.87. The van der Waals surface area contributed by atoms with E-state index in [-0.39, 0.29) is 6.29 Å². The van der Waals surface area contributed by atoms with E-state index in [9.17, 15) is 0 Å². The summed E-state index contributed by atoms with van der Waals surface area (Å²) >= 11 is 0. The topological polar surface area (TPSA) is 30.5 Å². The summed E-state index contributed by atoms with van der Waals surface area (Å²) < 4.78 is 11.1. The van der Waals surface area contributed by atoms with Crippen molar-refractivity contribution in [3.05, 3.63) is 0 Å². The van der Waals surface area contributed by atoms with Gasteiger partial charge < -0.3 is 14.8 Å². The molecule has 0 amide bonds. The molecule has 0 aromatic carbocycles. The lowest BCUT2D eigenvalue weighted by Crippen LogP contribution is -2.41. The van der Waals surface area contributed by atoms with Crippen LogP contribution in [0.4, 0.5) is 0 Å². The quantitative estimate of drug-likeness (QED) is 0.677. The highest BCUT2D eigenvalue weighted by molar-refractivity contribution is 4.82. The van der Waals surface area contributed by atoms with Crippen molar-refractivity contribution >= 4 is 0 Å². The number of hydrogen-bond acceptors (Lipinski definition) is 3. The van der Waals surface area contributed by atoms with Gasteiger partial charge in [0.1, 0.15) is 0 Å². The molecule has 3 nitrogen and oxygen atoms in total. The van der Waals surface area contributed by atoms with Crippen LogP contribution >= 0.6 is 0 Å². The van der Waals surface area contributed by atoms with Gasteiger partial charge in [-0.1, -0.05) is 26.7 Å². The lowest BCUT2D eigenvalue weighted by Gasteiger charge is -2.35. The number of hydrogen-bond donors (Lipinski definition) is 1. The van der Waals surface area contributed by atoms with Crippen LogP contribution < -0.4 is 5.32 Å². The van der Waals surface area contributed by atoms with Crippen LogP contribution in [0.15, 0.2) is 0 Å². The highest BCUT2D eigenvalue weighted by Crippen LogP contribution is 2.29. The summed E-state index contributed by atoms with van der Waals surface area (Å²) in [6.45, 7) is 11.2. The summed E-state index contributed by atoms with van der Waals surface area (Å²) in [5.74, 6) is 1.64. The van der Waals surface area contributed by atoms with Crippen molar-refractivity contribution in [2.24, 2.45) is 11.8 Å². The van der Waals surface area contributed by atoms with Crippen LogP contribution in [-0.4, -0.2) is 32.1 Å². The predicted molar refractivity (Wildman–Crippen MR) is 75.6 cm³/mol.